The lowest BCUT2D eigenvalue weighted by molar-refractivity contribution is -0.122. The van der Waals surface area contributed by atoms with E-state index in [0.29, 0.717) is 17.9 Å². The molecule has 1 heterocycles. The predicted octanol–water partition coefficient (Wildman–Crippen LogP) is 4.50. The van der Waals surface area contributed by atoms with Crippen molar-refractivity contribution in [3.8, 4) is 0 Å². The zero-order valence-corrected chi connectivity index (χ0v) is 15.3. The molecule has 1 aliphatic rings. The first-order chi connectivity index (χ1) is 10.4. The van der Waals surface area contributed by atoms with Crippen LogP contribution in [0, 0.1) is 18.3 Å². The van der Waals surface area contributed by atoms with Gasteiger partial charge in [-0.3, -0.25) is 4.79 Å². The van der Waals surface area contributed by atoms with Gasteiger partial charge < -0.3 is 5.32 Å². The smallest absolute Gasteiger partial charge is 0.220 e. The molecule has 0 unspecified atom stereocenters. The Hall–Kier alpha value is -0.900. The predicted molar refractivity (Wildman–Crippen MR) is 93.1 cm³/mol. The summed E-state index contributed by atoms with van der Waals surface area (Å²) in [5, 5.41) is 6.34. The van der Waals surface area contributed by atoms with Gasteiger partial charge in [0.15, 0.2) is 0 Å². The highest BCUT2D eigenvalue weighted by Gasteiger charge is 2.32. The van der Waals surface area contributed by atoms with E-state index < -0.39 is 0 Å². The maximum Gasteiger partial charge on any atom is 0.220 e. The highest BCUT2D eigenvalue weighted by molar-refractivity contribution is 7.09. The molecule has 1 aromatic rings. The normalized spacial score (nSPS) is 22.5. The van der Waals surface area contributed by atoms with Gasteiger partial charge >= 0.3 is 0 Å². The second kappa shape index (κ2) is 7.58. The highest BCUT2D eigenvalue weighted by atomic mass is 32.1. The molecule has 3 nitrogen and oxygen atoms in total. The highest BCUT2D eigenvalue weighted by Crippen LogP contribution is 2.40. The summed E-state index contributed by atoms with van der Waals surface area (Å²) in [6.45, 7) is 9.05. The molecular formula is C18H30N2OS. The fraction of sp³-hybridized carbons (Fsp3) is 0.778. The Bertz CT molecular complexity index is 487. The van der Waals surface area contributed by atoms with Crippen LogP contribution < -0.4 is 5.32 Å². The number of aromatic nitrogens is 1. The number of carbonyl (C=O) groups excluding carboxylic acids is 1. The first-order valence-electron chi connectivity index (χ1n) is 8.61. The van der Waals surface area contributed by atoms with Crippen molar-refractivity contribution in [2.24, 2.45) is 11.3 Å². The molecular weight excluding hydrogens is 292 g/mol. The minimum absolute atomic E-state index is 0.186. The van der Waals surface area contributed by atoms with E-state index in [4.69, 9.17) is 0 Å². The van der Waals surface area contributed by atoms with Crippen LogP contribution in [0.25, 0.3) is 0 Å². The van der Waals surface area contributed by atoms with Crippen molar-refractivity contribution < 1.29 is 4.79 Å². The lowest BCUT2D eigenvalue weighted by atomic mass is 9.69. The third-order valence-electron chi connectivity index (χ3n) is 5.34. The molecule has 0 radical (unpaired) electrons. The maximum atomic E-state index is 12.1. The minimum Gasteiger partial charge on any atom is -0.353 e. The Labute approximate surface area is 138 Å². The molecule has 0 aromatic carbocycles. The number of thiazole rings is 1. The third-order valence-corrected chi connectivity index (χ3v) is 6.37. The van der Waals surface area contributed by atoms with Crippen LogP contribution in [0.4, 0.5) is 0 Å². The van der Waals surface area contributed by atoms with E-state index in [1.54, 1.807) is 11.3 Å². The van der Waals surface area contributed by atoms with Crippen molar-refractivity contribution in [2.45, 2.75) is 78.7 Å². The molecule has 0 saturated heterocycles. The zero-order chi connectivity index (χ0) is 16.2. The third kappa shape index (κ3) is 4.80. The number of hydrogen-bond acceptors (Lipinski definition) is 3. The number of hydrogen-bond donors (Lipinski definition) is 1. The fourth-order valence-corrected chi connectivity index (χ4v) is 4.12. The van der Waals surface area contributed by atoms with Crippen molar-refractivity contribution in [2.75, 3.05) is 0 Å². The van der Waals surface area contributed by atoms with E-state index in [1.807, 2.05) is 12.3 Å². The van der Waals surface area contributed by atoms with Crippen LogP contribution >= 0.6 is 11.3 Å². The molecule has 2 rings (SSSR count). The topological polar surface area (TPSA) is 42.0 Å². The van der Waals surface area contributed by atoms with Gasteiger partial charge in [-0.2, -0.15) is 0 Å². The van der Waals surface area contributed by atoms with Crippen LogP contribution in [0.5, 0.6) is 0 Å². The number of nitrogens with zero attached hydrogens (tertiary/aromatic N) is 1. The average Bonchev–Trinajstić information content (AvgIpc) is 2.91. The molecule has 0 spiro atoms. The number of amides is 1. The van der Waals surface area contributed by atoms with Crippen molar-refractivity contribution in [1.82, 2.24) is 10.3 Å². The van der Waals surface area contributed by atoms with E-state index >= 15 is 0 Å². The van der Waals surface area contributed by atoms with Crippen molar-refractivity contribution in [1.29, 1.82) is 0 Å². The van der Waals surface area contributed by atoms with Crippen molar-refractivity contribution in [3.63, 3.8) is 0 Å². The molecule has 0 aliphatic heterocycles. The molecule has 1 N–H and O–H groups in total. The van der Waals surface area contributed by atoms with Gasteiger partial charge in [0.2, 0.25) is 5.91 Å². The summed E-state index contributed by atoms with van der Waals surface area (Å²) in [5.74, 6) is 0.995. The Kier molecular flexibility index (Phi) is 6.01. The van der Waals surface area contributed by atoms with E-state index in [9.17, 15) is 4.79 Å². The molecule has 1 amide bonds. The van der Waals surface area contributed by atoms with Crippen LogP contribution in [0.3, 0.4) is 0 Å². The Balaban J connectivity index is 1.70. The lowest BCUT2D eigenvalue weighted by Crippen LogP contribution is -2.40. The maximum absolute atomic E-state index is 12.1. The fourth-order valence-electron chi connectivity index (χ4n) is 3.35. The summed E-state index contributed by atoms with van der Waals surface area (Å²) in [7, 11) is 0. The summed E-state index contributed by atoms with van der Waals surface area (Å²) in [6, 6.07) is 0.384. The molecule has 22 heavy (non-hydrogen) atoms. The van der Waals surface area contributed by atoms with Crippen molar-refractivity contribution in [3.05, 3.63) is 16.1 Å². The molecule has 1 aromatic heterocycles. The van der Waals surface area contributed by atoms with Gasteiger partial charge in [-0.1, -0.05) is 27.2 Å². The van der Waals surface area contributed by atoms with Gasteiger partial charge in [-0.05, 0) is 43.9 Å². The number of aryl methyl sites for hydroxylation is 2. The van der Waals surface area contributed by atoms with Crippen LogP contribution in [0.2, 0.25) is 0 Å². The average molecular weight is 323 g/mol. The second-order valence-electron chi connectivity index (χ2n) is 7.34. The van der Waals surface area contributed by atoms with Gasteiger partial charge in [0.05, 0.1) is 5.01 Å². The van der Waals surface area contributed by atoms with Crippen LogP contribution in [0.15, 0.2) is 5.38 Å². The summed E-state index contributed by atoms with van der Waals surface area (Å²) >= 11 is 1.65. The molecule has 1 saturated carbocycles. The summed E-state index contributed by atoms with van der Waals surface area (Å²) in [6.07, 6.45) is 7.33. The van der Waals surface area contributed by atoms with Gasteiger partial charge in [-0.25, -0.2) is 4.98 Å². The Morgan fingerprint density at radius 1 is 1.36 bits per heavy atom. The van der Waals surface area contributed by atoms with Crippen LogP contribution in [-0.4, -0.2) is 16.9 Å². The van der Waals surface area contributed by atoms with Crippen LogP contribution in [-0.2, 0) is 11.2 Å². The molecule has 0 atom stereocenters. The quantitative estimate of drug-likeness (QED) is 0.838. The molecule has 0 bridgehead atoms. The molecule has 124 valence electrons. The Morgan fingerprint density at radius 3 is 2.59 bits per heavy atom. The zero-order valence-electron chi connectivity index (χ0n) is 14.4. The standard InChI is InChI=1S/C18H30N2OS/c1-5-18(3,4)14-6-8-15(9-7-14)20-16(21)10-11-17-19-13(2)12-22-17/h12,14-15H,5-11H2,1-4H3,(H,20,21). The van der Waals surface area contributed by atoms with Crippen molar-refractivity contribution >= 4 is 17.2 Å². The largest absolute Gasteiger partial charge is 0.353 e. The summed E-state index contributed by atoms with van der Waals surface area (Å²) in [4.78, 5) is 16.5. The van der Waals surface area contributed by atoms with Gasteiger partial charge in [0, 0.05) is 30.0 Å². The van der Waals surface area contributed by atoms with E-state index in [1.165, 1.54) is 19.3 Å². The minimum atomic E-state index is 0.186. The molecule has 1 fully saturated rings. The lowest BCUT2D eigenvalue weighted by Gasteiger charge is -2.39. The molecule has 4 heteroatoms. The second-order valence-corrected chi connectivity index (χ2v) is 8.28. The van der Waals surface area contributed by atoms with Crippen LogP contribution in [0.1, 0.15) is 70.0 Å². The number of rotatable bonds is 6. The SMILES string of the molecule is CCC(C)(C)C1CCC(NC(=O)CCc2nc(C)cs2)CC1. The monoisotopic (exact) mass is 322 g/mol. The van der Waals surface area contributed by atoms with E-state index in [-0.39, 0.29) is 5.91 Å². The first kappa shape index (κ1) is 17.5. The van der Waals surface area contributed by atoms with Gasteiger partial charge in [-0.15, -0.1) is 11.3 Å². The van der Waals surface area contributed by atoms with Gasteiger partial charge in [0.25, 0.3) is 0 Å². The summed E-state index contributed by atoms with van der Waals surface area (Å²) < 4.78 is 0. The number of nitrogens with one attached hydrogen (secondary N) is 1. The van der Waals surface area contributed by atoms with E-state index in [0.717, 1.165) is 35.9 Å². The first-order valence-corrected chi connectivity index (χ1v) is 9.49. The number of carbonyl (C=O) groups is 1. The molecule has 1 aliphatic carbocycles. The van der Waals surface area contributed by atoms with Gasteiger partial charge in [0.1, 0.15) is 0 Å². The summed E-state index contributed by atoms with van der Waals surface area (Å²) in [5.41, 5.74) is 1.50. The Morgan fingerprint density at radius 2 is 2.05 bits per heavy atom. The van der Waals surface area contributed by atoms with E-state index in [2.05, 4.69) is 31.1 Å².